The van der Waals surface area contributed by atoms with Crippen molar-refractivity contribution in [3.8, 4) is 0 Å². The van der Waals surface area contributed by atoms with Gasteiger partial charge >= 0.3 is 0 Å². The number of carbonyl (C=O) groups is 1. The molecule has 2 aromatic carbocycles. The van der Waals surface area contributed by atoms with Crippen LogP contribution in [0.1, 0.15) is 10.4 Å². The van der Waals surface area contributed by atoms with Crippen LogP contribution in [0.15, 0.2) is 24.3 Å². The van der Waals surface area contributed by atoms with Crippen LogP contribution in [0.25, 0.3) is 11.0 Å². The minimum atomic E-state index is -2.28. The minimum absolute atomic E-state index is 0.251. The summed E-state index contributed by atoms with van der Waals surface area (Å²) in [6.07, 6.45) is -1.06. The average molecular weight is 327 g/mol. The first-order valence-corrected chi connectivity index (χ1v) is 6.25. The average Bonchev–Trinajstić information content (AvgIpc) is 2.99. The Labute approximate surface area is 125 Å². The number of nitrogens with zero attached hydrogens (tertiary/aromatic N) is 3. The molecule has 0 N–H and O–H groups in total. The first kappa shape index (κ1) is 15.1. The van der Waals surface area contributed by atoms with E-state index in [-0.39, 0.29) is 5.52 Å². The fourth-order valence-corrected chi connectivity index (χ4v) is 2.08. The van der Waals surface area contributed by atoms with E-state index >= 15 is 0 Å². The molecule has 1 heterocycles. The summed E-state index contributed by atoms with van der Waals surface area (Å²) in [5.41, 5.74) is -0.620. The number of para-hydroxylation sites is 1. The Morgan fingerprint density at radius 3 is 2.13 bits per heavy atom. The quantitative estimate of drug-likeness (QED) is 0.413. The maximum atomic E-state index is 13.6. The molecule has 0 radical (unpaired) electrons. The molecule has 4 nitrogen and oxygen atoms in total. The maximum Gasteiger partial charge on any atom is 0.253 e. The molecule has 3 aromatic rings. The zero-order chi connectivity index (χ0) is 16.7. The van der Waals surface area contributed by atoms with Gasteiger partial charge in [0.25, 0.3) is 5.91 Å². The Bertz CT molecular complexity index is 909. The highest BCUT2D eigenvalue weighted by molar-refractivity contribution is 5.89. The molecular weight excluding hydrogens is 321 g/mol. The molecule has 0 aliphatic heterocycles. The van der Waals surface area contributed by atoms with Gasteiger partial charge in [-0.15, -0.1) is 5.10 Å². The standard InChI is InChI=1S/C14H6F5N3O/c15-10-6(11(16)13(18)14(19)12(10)17)5-9(23)22-8-4-2-1-3-7(8)20-21-22/h1-4H,5H2. The molecule has 0 atom stereocenters. The van der Waals surface area contributed by atoms with E-state index in [2.05, 4.69) is 10.3 Å². The van der Waals surface area contributed by atoms with Crippen molar-refractivity contribution in [2.45, 2.75) is 6.42 Å². The van der Waals surface area contributed by atoms with Crippen LogP contribution in [-0.2, 0) is 6.42 Å². The van der Waals surface area contributed by atoms with E-state index < -0.39 is 47.0 Å². The normalized spacial score (nSPS) is 11.2. The number of benzene rings is 2. The van der Waals surface area contributed by atoms with E-state index in [1.807, 2.05) is 0 Å². The van der Waals surface area contributed by atoms with Crippen LogP contribution < -0.4 is 0 Å². The SMILES string of the molecule is O=C(Cc1c(F)c(F)c(F)c(F)c1F)n1nnc2ccccc21. The lowest BCUT2D eigenvalue weighted by Gasteiger charge is -2.07. The van der Waals surface area contributed by atoms with Crippen LogP contribution in [0.5, 0.6) is 0 Å². The van der Waals surface area contributed by atoms with Crippen molar-refractivity contribution in [1.29, 1.82) is 0 Å². The van der Waals surface area contributed by atoms with Gasteiger partial charge in [0.05, 0.1) is 11.9 Å². The lowest BCUT2D eigenvalue weighted by molar-refractivity contribution is 0.0898. The molecule has 0 bridgehead atoms. The van der Waals surface area contributed by atoms with Gasteiger partial charge in [0.15, 0.2) is 23.3 Å². The van der Waals surface area contributed by atoms with Gasteiger partial charge in [0.1, 0.15) is 5.52 Å². The maximum absolute atomic E-state index is 13.6. The monoisotopic (exact) mass is 327 g/mol. The van der Waals surface area contributed by atoms with Crippen molar-refractivity contribution in [3.63, 3.8) is 0 Å². The lowest BCUT2D eigenvalue weighted by Crippen LogP contribution is -2.18. The molecule has 9 heteroatoms. The van der Waals surface area contributed by atoms with Crippen molar-refractivity contribution >= 4 is 16.9 Å². The fraction of sp³-hybridized carbons (Fsp3) is 0.0714. The second-order valence-corrected chi connectivity index (χ2v) is 4.61. The largest absolute Gasteiger partial charge is 0.272 e. The molecule has 1 aromatic heterocycles. The Morgan fingerprint density at radius 2 is 1.48 bits per heavy atom. The Morgan fingerprint density at radius 1 is 0.913 bits per heavy atom. The Kier molecular flexibility index (Phi) is 3.55. The van der Waals surface area contributed by atoms with E-state index in [0.29, 0.717) is 5.52 Å². The number of fused-ring (bicyclic) bond motifs is 1. The van der Waals surface area contributed by atoms with Crippen molar-refractivity contribution in [1.82, 2.24) is 15.0 Å². The van der Waals surface area contributed by atoms with Gasteiger partial charge < -0.3 is 0 Å². The van der Waals surface area contributed by atoms with Crippen LogP contribution in [0.4, 0.5) is 22.0 Å². The van der Waals surface area contributed by atoms with E-state index in [1.165, 1.54) is 6.07 Å². The van der Waals surface area contributed by atoms with Crippen LogP contribution in [0, 0.1) is 29.1 Å². The molecule has 0 aliphatic rings. The van der Waals surface area contributed by atoms with Crippen molar-refractivity contribution in [2.75, 3.05) is 0 Å². The first-order chi connectivity index (χ1) is 10.9. The third-order valence-corrected chi connectivity index (χ3v) is 3.22. The second-order valence-electron chi connectivity index (χ2n) is 4.61. The smallest absolute Gasteiger partial charge is 0.253 e. The Hall–Kier alpha value is -2.84. The second kappa shape index (κ2) is 5.41. The first-order valence-electron chi connectivity index (χ1n) is 6.25. The highest BCUT2D eigenvalue weighted by atomic mass is 19.2. The molecule has 0 unspecified atom stereocenters. The number of hydrogen-bond donors (Lipinski definition) is 0. The zero-order valence-electron chi connectivity index (χ0n) is 11.2. The molecule has 0 amide bonds. The summed E-state index contributed by atoms with van der Waals surface area (Å²) >= 11 is 0. The summed E-state index contributed by atoms with van der Waals surface area (Å²) in [5.74, 6) is -11.5. The Balaban J connectivity index is 2.04. The van der Waals surface area contributed by atoms with E-state index in [1.54, 1.807) is 18.2 Å². The molecular formula is C14H6F5N3O. The van der Waals surface area contributed by atoms with Crippen molar-refractivity contribution < 1.29 is 26.7 Å². The lowest BCUT2D eigenvalue weighted by atomic mass is 10.1. The number of rotatable bonds is 2. The van der Waals surface area contributed by atoms with E-state index in [0.717, 1.165) is 4.68 Å². The van der Waals surface area contributed by atoms with Gasteiger partial charge in [-0.1, -0.05) is 17.3 Å². The van der Waals surface area contributed by atoms with Gasteiger partial charge in [0.2, 0.25) is 5.82 Å². The molecule has 118 valence electrons. The molecule has 0 aliphatic carbocycles. The summed E-state index contributed by atoms with van der Waals surface area (Å²) in [4.78, 5) is 12.1. The molecule has 23 heavy (non-hydrogen) atoms. The summed E-state index contributed by atoms with van der Waals surface area (Å²) in [6.45, 7) is 0. The van der Waals surface area contributed by atoms with Gasteiger partial charge in [-0.3, -0.25) is 4.79 Å². The number of carbonyl (C=O) groups excluding carboxylic acids is 1. The van der Waals surface area contributed by atoms with Gasteiger partial charge in [-0.05, 0) is 12.1 Å². The molecule has 3 rings (SSSR count). The number of aromatic nitrogens is 3. The third-order valence-electron chi connectivity index (χ3n) is 3.22. The van der Waals surface area contributed by atoms with Gasteiger partial charge in [-0.25, -0.2) is 22.0 Å². The molecule has 0 spiro atoms. The van der Waals surface area contributed by atoms with Crippen LogP contribution in [-0.4, -0.2) is 20.9 Å². The van der Waals surface area contributed by atoms with Crippen molar-refractivity contribution in [2.24, 2.45) is 0 Å². The summed E-state index contributed by atoms with van der Waals surface area (Å²) in [7, 11) is 0. The molecule has 0 saturated heterocycles. The molecule has 0 saturated carbocycles. The highest BCUT2D eigenvalue weighted by Gasteiger charge is 2.27. The predicted molar refractivity (Wildman–Crippen MR) is 68.1 cm³/mol. The molecule has 0 fully saturated rings. The summed E-state index contributed by atoms with van der Waals surface area (Å²) in [6, 6.07) is 6.24. The highest BCUT2D eigenvalue weighted by Crippen LogP contribution is 2.24. The van der Waals surface area contributed by atoms with Crippen LogP contribution in [0.2, 0.25) is 0 Å². The summed E-state index contributed by atoms with van der Waals surface area (Å²) < 4.78 is 67.2. The zero-order valence-corrected chi connectivity index (χ0v) is 11.2. The van der Waals surface area contributed by atoms with Crippen LogP contribution in [0.3, 0.4) is 0 Å². The van der Waals surface area contributed by atoms with E-state index in [4.69, 9.17) is 0 Å². The fourth-order valence-electron chi connectivity index (χ4n) is 2.08. The minimum Gasteiger partial charge on any atom is -0.272 e. The van der Waals surface area contributed by atoms with E-state index in [9.17, 15) is 26.7 Å². The number of hydrogen-bond acceptors (Lipinski definition) is 3. The van der Waals surface area contributed by atoms with Crippen LogP contribution >= 0.6 is 0 Å². The van der Waals surface area contributed by atoms with Crippen molar-refractivity contribution in [3.05, 3.63) is 58.9 Å². The third kappa shape index (κ3) is 2.33. The summed E-state index contributed by atoms with van der Waals surface area (Å²) in [5, 5.41) is 7.20. The predicted octanol–water partition coefficient (Wildman–Crippen LogP) is 3.01. The van der Waals surface area contributed by atoms with Gasteiger partial charge in [0, 0.05) is 5.56 Å². The number of halogens is 5. The van der Waals surface area contributed by atoms with Gasteiger partial charge in [-0.2, -0.15) is 4.68 Å². The topological polar surface area (TPSA) is 47.8 Å².